The van der Waals surface area contributed by atoms with Crippen LogP contribution in [0.15, 0.2) is 0 Å². The number of rotatable bonds is 5. The summed E-state index contributed by atoms with van der Waals surface area (Å²) in [7, 11) is -6.94. The first-order valence-corrected chi connectivity index (χ1v) is 5.57. The van der Waals surface area contributed by atoms with Crippen LogP contribution in [0, 0.1) is 0 Å². The normalized spacial score (nSPS) is 15.7. The number of halogens is 9. The van der Waals surface area contributed by atoms with Crippen molar-refractivity contribution in [3.05, 3.63) is 0 Å². The Balaban J connectivity index is 5.40. The van der Waals surface area contributed by atoms with E-state index in [1.54, 1.807) is 0 Å². The van der Waals surface area contributed by atoms with Gasteiger partial charge in [-0.1, -0.05) is 0 Å². The molecule has 0 aromatic carbocycles. The van der Waals surface area contributed by atoms with Gasteiger partial charge in [0.15, 0.2) is 0 Å². The van der Waals surface area contributed by atoms with Gasteiger partial charge in [0.05, 0.1) is 0 Å². The average Bonchev–Trinajstić information content (AvgIpc) is 2.11. The first kappa shape index (κ1) is 18.3. The smallest absolute Gasteiger partial charge is 0.281 e. The van der Waals surface area contributed by atoms with Gasteiger partial charge < -0.3 is 0 Å². The fraction of sp³-hybridized carbons (Fsp3) is 1.00. The summed E-state index contributed by atoms with van der Waals surface area (Å²) in [6, 6.07) is 0. The van der Waals surface area contributed by atoms with Crippen LogP contribution in [0.5, 0.6) is 0 Å². The van der Waals surface area contributed by atoms with E-state index in [-0.39, 0.29) is 0 Å². The highest BCUT2D eigenvalue weighted by Crippen LogP contribution is 2.50. The molecule has 0 aliphatic heterocycles. The molecular formula is C6H5F9O3S. The van der Waals surface area contributed by atoms with Crippen LogP contribution in [-0.4, -0.2) is 36.2 Å². The lowest BCUT2D eigenvalue weighted by Crippen LogP contribution is -2.57. The van der Waals surface area contributed by atoms with Crippen molar-refractivity contribution in [1.82, 2.24) is 0 Å². The molecule has 0 fully saturated rings. The van der Waals surface area contributed by atoms with Crippen LogP contribution >= 0.6 is 0 Å². The Labute approximate surface area is 99.7 Å². The molecule has 19 heavy (non-hydrogen) atoms. The molecule has 0 saturated heterocycles. The maximum atomic E-state index is 12.7. The molecule has 1 N–H and O–H groups in total. The molecule has 0 radical (unpaired) electrons. The molecule has 0 amide bonds. The van der Waals surface area contributed by atoms with Gasteiger partial charge in [0.2, 0.25) is 0 Å². The molecule has 0 aliphatic carbocycles. The Kier molecular flexibility index (Phi) is 4.50. The Morgan fingerprint density at radius 1 is 0.789 bits per heavy atom. The molecule has 0 aromatic rings. The Morgan fingerprint density at radius 3 is 1.42 bits per heavy atom. The summed E-state index contributed by atoms with van der Waals surface area (Å²) < 4.78 is 138. The van der Waals surface area contributed by atoms with E-state index in [1.807, 2.05) is 0 Å². The summed E-state index contributed by atoms with van der Waals surface area (Å²) >= 11 is 0. The summed E-state index contributed by atoms with van der Waals surface area (Å²) in [5.74, 6) is -12.7. The van der Waals surface area contributed by atoms with Crippen molar-refractivity contribution in [1.29, 1.82) is 0 Å². The van der Waals surface area contributed by atoms with Crippen LogP contribution in [0.2, 0.25) is 0 Å². The molecule has 0 aromatic heterocycles. The van der Waals surface area contributed by atoms with Gasteiger partial charge in [0.1, 0.15) is 0 Å². The fourth-order valence-electron chi connectivity index (χ4n) is 0.831. The van der Waals surface area contributed by atoms with Crippen molar-refractivity contribution >= 4 is 10.1 Å². The maximum Gasteiger partial charge on any atom is 0.437 e. The summed E-state index contributed by atoms with van der Waals surface area (Å²) in [4.78, 5) is 0. The van der Waals surface area contributed by atoms with Crippen LogP contribution in [-0.2, 0) is 10.1 Å². The lowest BCUT2D eigenvalue weighted by atomic mass is 10.1. The van der Waals surface area contributed by atoms with Crippen LogP contribution < -0.4 is 0 Å². The molecule has 0 unspecified atom stereocenters. The van der Waals surface area contributed by atoms with Gasteiger partial charge in [-0.25, -0.2) is 0 Å². The van der Waals surface area contributed by atoms with Gasteiger partial charge in [-0.2, -0.15) is 47.9 Å². The highest BCUT2D eigenvalue weighted by molar-refractivity contribution is 7.87. The first-order chi connectivity index (χ1) is 7.96. The zero-order valence-corrected chi connectivity index (χ0v) is 9.30. The standard InChI is InChI=1S/C6H5F9O3S/c7-3(8,1-2-4(9,10)11)5(12,13)6(14,15)19(16,17)18/h1-2H2,(H,16,17,18). The second kappa shape index (κ2) is 4.68. The Hall–Kier alpha value is -0.720. The van der Waals surface area contributed by atoms with Crippen molar-refractivity contribution in [3.8, 4) is 0 Å². The van der Waals surface area contributed by atoms with E-state index in [4.69, 9.17) is 4.55 Å². The van der Waals surface area contributed by atoms with E-state index in [0.717, 1.165) is 0 Å². The Morgan fingerprint density at radius 2 is 1.16 bits per heavy atom. The van der Waals surface area contributed by atoms with Crippen LogP contribution in [0.4, 0.5) is 39.5 Å². The van der Waals surface area contributed by atoms with Crippen LogP contribution in [0.1, 0.15) is 12.8 Å². The summed E-state index contributed by atoms with van der Waals surface area (Å²) in [5.41, 5.74) is 0. The minimum Gasteiger partial charge on any atom is -0.281 e. The van der Waals surface area contributed by atoms with Gasteiger partial charge >= 0.3 is 33.4 Å². The third-order valence-corrected chi connectivity index (χ3v) is 2.78. The maximum absolute atomic E-state index is 12.7. The third-order valence-electron chi connectivity index (χ3n) is 1.87. The lowest BCUT2D eigenvalue weighted by Gasteiger charge is -2.30. The number of hydrogen-bond acceptors (Lipinski definition) is 2. The van der Waals surface area contributed by atoms with Gasteiger partial charge in [0, 0.05) is 12.8 Å². The van der Waals surface area contributed by atoms with E-state index in [2.05, 4.69) is 0 Å². The molecule has 116 valence electrons. The highest BCUT2D eigenvalue weighted by atomic mass is 32.2. The zero-order chi connectivity index (χ0) is 15.9. The van der Waals surface area contributed by atoms with Gasteiger partial charge in [-0.3, -0.25) is 4.55 Å². The minimum atomic E-state index is -6.94. The molecule has 13 heteroatoms. The fourth-order valence-corrected chi connectivity index (χ4v) is 1.30. The number of alkyl halides is 9. The van der Waals surface area contributed by atoms with Crippen LogP contribution in [0.25, 0.3) is 0 Å². The first-order valence-electron chi connectivity index (χ1n) is 4.13. The molecule has 0 heterocycles. The van der Waals surface area contributed by atoms with Crippen molar-refractivity contribution in [3.63, 3.8) is 0 Å². The summed E-state index contributed by atoms with van der Waals surface area (Å²) in [6.07, 6.45) is -10.7. The topological polar surface area (TPSA) is 54.4 Å². The van der Waals surface area contributed by atoms with Gasteiger partial charge in [-0.15, -0.1) is 0 Å². The molecule has 0 rings (SSSR count). The summed E-state index contributed by atoms with van der Waals surface area (Å²) in [5, 5.41) is -6.63. The highest BCUT2D eigenvalue weighted by Gasteiger charge is 2.77. The van der Waals surface area contributed by atoms with Crippen molar-refractivity contribution in [2.75, 3.05) is 0 Å². The predicted molar refractivity (Wildman–Crippen MR) is 41.7 cm³/mol. The van der Waals surface area contributed by atoms with Crippen molar-refractivity contribution in [2.45, 2.75) is 36.1 Å². The Bertz CT molecular complexity index is 424. The molecule has 0 spiro atoms. The van der Waals surface area contributed by atoms with E-state index in [9.17, 15) is 47.9 Å². The predicted octanol–water partition coefficient (Wildman–Crippen LogP) is 3.08. The monoisotopic (exact) mass is 328 g/mol. The molecule has 0 saturated carbocycles. The average molecular weight is 328 g/mol. The molecule has 3 nitrogen and oxygen atoms in total. The number of hydrogen-bond donors (Lipinski definition) is 1. The minimum absolute atomic E-state index is 2.54. The van der Waals surface area contributed by atoms with E-state index >= 15 is 0 Å². The third kappa shape index (κ3) is 3.64. The molecular weight excluding hydrogens is 323 g/mol. The quantitative estimate of drug-likeness (QED) is 0.623. The van der Waals surface area contributed by atoms with E-state index in [1.165, 1.54) is 0 Å². The van der Waals surface area contributed by atoms with Gasteiger partial charge in [0.25, 0.3) is 0 Å². The second-order valence-corrected chi connectivity index (χ2v) is 4.85. The summed E-state index contributed by atoms with van der Waals surface area (Å²) in [6.45, 7) is 0. The molecule has 0 bridgehead atoms. The zero-order valence-electron chi connectivity index (χ0n) is 8.49. The largest absolute Gasteiger partial charge is 0.437 e. The SMILES string of the molecule is O=S(=O)(O)C(F)(F)C(F)(F)C(F)(F)CCC(F)(F)F. The molecule has 0 atom stereocenters. The second-order valence-electron chi connectivity index (χ2n) is 3.39. The van der Waals surface area contributed by atoms with Crippen molar-refractivity contribution < 1.29 is 52.5 Å². The van der Waals surface area contributed by atoms with E-state index in [0.29, 0.717) is 0 Å². The van der Waals surface area contributed by atoms with Crippen LogP contribution in [0.3, 0.4) is 0 Å². The lowest BCUT2D eigenvalue weighted by molar-refractivity contribution is -0.288. The molecule has 0 aliphatic rings. The van der Waals surface area contributed by atoms with Gasteiger partial charge in [-0.05, 0) is 0 Å². The van der Waals surface area contributed by atoms with Crippen molar-refractivity contribution in [2.24, 2.45) is 0 Å². The van der Waals surface area contributed by atoms with E-state index < -0.39 is 46.2 Å².